The van der Waals surface area contributed by atoms with Crippen LogP contribution in [0, 0.1) is 0 Å². The van der Waals surface area contributed by atoms with Crippen molar-refractivity contribution >= 4 is 29.6 Å². The molecule has 1 amide bonds. The van der Waals surface area contributed by atoms with E-state index in [4.69, 9.17) is 10.5 Å². The predicted molar refractivity (Wildman–Crippen MR) is 97.2 cm³/mol. The Hall–Kier alpha value is -2.47. The van der Waals surface area contributed by atoms with E-state index in [9.17, 15) is 4.79 Å². The summed E-state index contributed by atoms with van der Waals surface area (Å²) < 4.78 is 7.85. The smallest absolute Gasteiger partial charge is 0.230 e. The van der Waals surface area contributed by atoms with Gasteiger partial charge in [0.2, 0.25) is 5.91 Å². The fourth-order valence-electron chi connectivity index (χ4n) is 2.52. The summed E-state index contributed by atoms with van der Waals surface area (Å²) in [6.07, 6.45) is 0.503. The lowest BCUT2D eigenvalue weighted by molar-refractivity contribution is -0.117. The first-order chi connectivity index (χ1) is 11.5. The average molecular weight is 341 g/mol. The normalized spacial score (nSPS) is 12.2. The molecule has 24 heavy (non-hydrogen) atoms. The number of carbonyl (C=O) groups excluding carboxylic acids is 1. The van der Waals surface area contributed by atoms with E-state index in [1.165, 1.54) is 0 Å². The van der Waals surface area contributed by atoms with Gasteiger partial charge in [0.25, 0.3) is 0 Å². The standard InChI is InChI=1S/C18H19N3O2S/c1-21-15-5-3-2-4-14(15)20-17(21)11-23-13-8-6-12(7-9-13)10-16(24)18(19)22/h2-9,16,24H,10-11H2,1H3,(H2,19,22). The number of hydrogen-bond donors (Lipinski definition) is 2. The molecule has 0 saturated carbocycles. The van der Waals surface area contributed by atoms with Gasteiger partial charge < -0.3 is 15.0 Å². The molecule has 5 nitrogen and oxygen atoms in total. The molecule has 0 fully saturated rings. The topological polar surface area (TPSA) is 70.1 Å². The van der Waals surface area contributed by atoms with E-state index >= 15 is 0 Å². The zero-order valence-electron chi connectivity index (χ0n) is 13.3. The number of aryl methyl sites for hydroxylation is 1. The van der Waals surface area contributed by atoms with Crippen LogP contribution in [0.5, 0.6) is 5.75 Å². The van der Waals surface area contributed by atoms with Gasteiger partial charge in [0.1, 0.15) is 18.2 Å². The highest BCUT2D eigenvalue weighted by molar-refractivity contribution is 7.81. The quantitative estimate of drug-likeness (QED) is 0.677. The van der Waals surface area contributed by atoms with Crippen LogP contribution in [0.3, 0.4) is 0 Å². The number of para-hydroxylation sites is 2. The van der Waals surface area contributed by atoms with Crippen molar-refractivity contribution in [3.05, 3.63) is 59.9 Å². The highest BCUT2D eigenvalue weighted by Crippen LogP contribution is 2.18. The van der Waals surface area contributed by atoms with Crippen LogP contribution in [0.2, 0.25) is 0 Å². The summed E-state index contributed by atoms with van der Waals surface area (Å²) in [6, 6.07) is 15.6. The number of ether oxygens (including phenoxy) is 1. The third-order valence-electron chi connectivity index (χ3n) is 3.93. The highest BCUT2D eigenvalue weighted by Gasteiger charge is 2.11. The number of rotatable bonds is 6. The van der Waals surface area contributed by atoms with Crippen LogP contribution in [-0.2, 0) is 24.9 Å². The Morgan fingerprint density at radius 2 is 1.96 bits per heavy atom. The Morgan fingerprint density at radius 1 is 1.25 bits per heavy atom. The second-order valence-corrected chi connectivity index (χ2v) is 6.25. The monoisotopic (exact) mass is 341 g/mol. The molecular formula is C18H19N3O2S. The van der Waals surface area contributed by atoms with Crippen molar-refractivity contribution in [1.82, 2.24) is 9.55 Å². The van der Waals surface area contributed by atoms with Gasteiger partial charge in [-0.15, -0.1) is 0 Å². The van der Waals surface area contributed by atoms with Crippen molar-refractivity contribution in [2.24, 2.45) is 12.8 Å². The summed E-state index contributed by atoms with van der Waals surface area (Å²) in [5.41, 5.74) is 8.25. The summed E-state index contributed by atoms with van der Waals surface area (Å²) in [5.74, 6) is 1.20. The Bertz CT molecular complexity index is 858. The first kappa shape index (κ1) is 16.4. The number of fused-ring (bicyclic) bond motifs is 1. The van der Waals surface area contributed by atoms with E-state index in [1.54, 1.807) is 0 Å². The lowest BCUT2D eigenvalue weighted by atomic mass is 10.1. The SMILES string of the molecule is Cn1c(COc2ccc(CC(S)C(N)=O)cc2)nc2ccccc21. The molecule has 1 atom stereocenters. The van der Waals surface area contributed by atoms with Crippen LogP contribution in [0.15, 0.2) is 48.5 Å². The second-order valence-electron chi connectivity index (χ2n) is 5.63. The zero-order chi connectivity index (χ0) is 17.1. The molecule has 0 spiro atoms. The number of aromatic nitrogens is 2. The molecule has 0 aliphatic carbocycles. The molecule has 0 saturated heterocycles. The number of nitrogens with two attached hydrogens (primary N) is 1. The molecule has 0 radical (unpaired) electrons. The molecule has 2 aromatic carbocycles. The van der Waals surface area contributed by atoms with Crippen LogP contribution >= 0.6 is 12.6 Å². The second kappa shape index (κ2) is 6.97. The van der Waals surface area contributed by atoms with E-state index in [1.807, 2.05) is 60.1 Å². The van der Waals surface area contributed by atoms with Crippen LogP contribution < -0.4 is 10.5 Å². The minimum absolute atomic E-state index is 0.390. The molecule has 3 rings (SSSR count). The molecule has 1 aromatic heterocycles. The van der Waals surface area contributed by atoms with Gasteiger partial charge in [-0.05, 0) is 36.2 Å². The molecular weight excluding hydrogens is 322 g/mol. The largest absolute Gasteiger partial charge is 0.486 e. The maximum absolute atomic E-state index is 11.0. The van der Waals surface area contributed by atoms with Crippen molar-refractivity contribution in [2.45, 2.75) is 18.3 Å². The van der Waals surface area contributed by atoms with Crippen molar-refractivity contribution in [3.8, 4) is 5.75 Å². The summed E-state index contributed by atoms with van der Waals surface area (Å²) in [6.45, 7) is 0.390. The molecule has 1 unspecified atom stereocenters. The van der Waals surface area contributed by atoms with E-state index in [0.717, 1.165) is 28.2 Å². The lowest BCUT2D eigenvalue weighted by Gasteiger charge is -2.09. The number of hydrogen-bond acceptors (Lipinski definition) is 4. The van der Waals surface area contributed by atoms with E-state index in [0.29, 0.717) is 13.0 Å². The van der Waals surface area contributed by atoms with Crippen molar-refractivity contribution < 1.29 is 9.53 Å². The molecule has 124 valence electrons. The average Bonchev–Trinajstić information content (AvgIpc) is 2.90. The number of imidazole rings is 1. The number of benzene rings is 2. The van der Waals surface area contributed by atoms with Gasteiger partial charge in [0, 0.05) is 7.05 Å². The third kappa shape index (κ3) is 3.54. The van der Waals surface area contributed by atoms with E-state index < -0.39 is 11.2 Å². The first-order valence-corrected chi connectivity index (χ1v) is 8.15. The van der Waals surface area contributed by atoms with Crippen molar-refractivity contribution in [3.63, 3.8) is 0 Å². The number of carbonyl (C=O) groups is 1. The van der Waals surface area contributed by atoms with Gasteiger partial charge in [-0.1, -0.05) is 24.3 Å². The Labute approximate surface area is 145 Å². The summed E-state index contributed by atoms with van der Waals surface area (Å²) >= 11 is 4.17. The summed E-state index contributed by atoms with van der Waals surface area (Å²) in [4.78, 5) is 15.6. The number of nitrogens with zero attached hydrogens (tertiary/aromatic N) is 2. The number of amides is 1. The van der Waals surface area contributed by atoms with Crippen LogP contribution in [0.25, 0.3) is 11.0 Å². The zero-order valence-corrected chi connectivity index (χ0v) is 14.2. The van der Waals surface area contributed by atoms with Gasteiger partial charge in [-0.3, -0.25) is 4.79 Å². The fourth-order valence-corrected chi connectivity index (χ4v) is 2.73. The lowest BCUT2D eigenvalue weighted by Crippen LogP contribution is -2.25. The molecule has 1 heterocycles. The van der Waals surface area contributed by atoms with Crippen LogP contribution in [0.4, 0.5) is 0 Å². The maximum Gasteiger partial charge on any atom is 0.230 e. The highest BCUT2D eigenvalue weighted by atomic mass is 32.1. The van der Waals surface area contributed by atoms with Gasteiger partial charge >= 0.3 is 0 Å². The van der Waals surface area contributed by atoms with Gasteiger partial charge in [0.15, 0.2) is 0 Å². The molecule has 3 aromatic rings. The summed E-state index contributed by atoms with van der Waals surface area (Å²) in [5, 5.41) is -0.475. The third-order valence-corrected chi connectivity index (χ3v) is 4.37. The Kier molecular flexibility index (Phi) is 4.76. The van der Waals surface area contributed by atoms with Crippen LogP contribution in [-0.4, -0.2) is 20.7 Å². The molecule has 6 heteroatoms. The molecule has 2 N–H and O–H groups in total. The van der Waals surface area contributed by atoms with Gasteiger partial charge in [-0.2, -0.15) is 12.6 Å². The minimum Gasteiger partial charge on any atom is -0.486 e. The van der Waals surface area contributed by atoms with Gasteiger partial charge in [0.05, 0.1) is 16.3 Å². The molecule has 0 aliphatic heterocycles. The molecule has 0 aliphatic rings. The van der Waals surface area contributed by atoms with Crippen molar-refractivity contribution in [1.29, 1.82) is 0 Å². The fraction of sp³-hybridized carbons (Fsp3) is 0.222. The van der Waals surface area contributed by atoms with E-state index in [-0.39, 0.29) is 0 Å². The summed E-state index contributed by atoms with van der Waals surface area (Å²) in [7, 11) is 1.98. The first-order valence-electron chi connectivity index (χ1n) is 7.64. The number of primary amides is 1. The maximum atomic E-state index is 11.0. The van der Waals surface area contributed by atoms with Crippen LogP contribution in [0.1, 0.15) is 11.4 Å². The predicted octanol–water partition coefficient (Wildman–Crippen LogP) is 2.48. The van der Waals surface area contributed by atoms with E-state index in [2.05, 4.69) is 17.6 Å². The van der Waals surface area contributed by atoms with Gasteiger partial charge in [-0.25, -0.2) is 4.98 Å². The van der Waals surface area contributed by atoms with Crippen molar-refractivity contribution in [2.75, 3.05) is 0 Å². The minimum atomic E-state index is -0.475. The Balaban J connectivity index is 1.66. The number of thiol groups is 1. The Morgan fingerprint density at radius 3 is 2.62 bits per heavy atom. The molecule has 0 bridgehead atoms.